The Balaban J connectivity index is 2.52. The van der Waals surface area contributed by atoms with Crippen LogP contribution in [0.3, 0.4) is 0 Å². The predicted molar refractivity (Wildman–Crippen MR) is 113 cm³/mol. The van der Waals surface area contributed by atoms with Crippen molar-refractivity contribution >= 4 is 11.9 Å². The number of benzene rings is 1. The van der Waals surface area contributed by atoms with Gasteiger partial charge >= 0.3 is 11.9 Å². The molecule has 2 unspecified atom stereocenters. The first kappa shape index (κ1) is 24.9. The van der Waals surface area contributed by atoms with Crippen molar-refractivity contribution in [2.24, 2.45) is 5.92 Å². The van der Waals surface area contributed by atoms with Crippen LogP contribution in [0.15, 0.2) is 18.2 Å². The highest BCUT2D eigenvalue weighted by molar-refractivity contribution is 5.95. The zero-order valence-corrected chi connectivity index (χ0v) is 18.8. The van der Waals surface area contributed by atoms with Crippen LogP contribution in [0, 0.1) is 5.92 Å². The molecular formula is C23H34O8. The van der Waals surface area contributed by atoms with Crippen LogP contribution >= 0.6 is 0 Å². The molecule has 1 saturated carbocycles. The molecular weight excluding hydrogens is 404 g/mol. The maximum Gasteiger partial charge on any atom is 0.321 e. The molecule has 1 fully saturated rings. The Morgan fingerprint density at radius 3 is 2.19 bits per heavy atom. The lowest BCUT2D eigenvalue weighted by molar-refractivity contribution is -0.181. The molecule has 0 saturated heterocycles. The molecule has 8 heteroatoms. The molecule has 31 heavy (non-hydrogen) atoms. The van der Waals surface area contributed by atoms with E-state index in [4.69, 9.17) is 23.7 Å². The molecule has 0 bridgehead atoms. The third-order valence-electron chi connectivity index (χ3n) is 5.29. The van der Waals surface area contributed by atoms with Crippen LogP contribution in [0.25, 0.3) is 0 Å². The number of hydrogen-bond donors (Lipinski definition) is 1. The van der Waals surface area contributed by atoms with Gasteiger partial charge in [0.15, 0.2) is 23.7 Å². The van der Waals surface area contributed by atoms with Gasteiger partial charge in [0.05, 0.1) is 25.7 Å². The summed E-state index contributed by atoms with van der Waals surface area (Å²) in [5, 5.41) is 9.92. The van der Waals surface area contributed by atoms with Crippen molar-refractivity contribution in [1.82, 2.24) is 0 Å². The summed E-state index contributed by atoms with van der Waals surface area (Å²) >= 11 is 0. The van der Waals surface area contributed by atoms with E-state index >= 15 is 0 Å². The molecule has 0 heterocycles. The van der Waals surface area contributed by atoms with Gasteiger partial charge in [0, 0.05) is 13.2 Å². The number of hydrogen-bond acceptors (Lipinski definition) is 7. The van der Waals surface area contributed by atoms with E-state index in [0.717, 1.165) is 25.7 Å². The van der Waals surface area contributed by atoms with Crippen LogP contribution in [0.1, 0.15) is 57.9 Å². The SMILES string of the molecule is CCOC(=O)C(C(=O)O)C(c1ccc(OC)c(OC2CCCC2)c1)C(OCC)OCC. The lowest BCUT2D eigenvalue weighted by Crippen LogP contribution is -2.40. The number of carboxylic acid groups (broad SMARTS) is 1. The Labute approximate surface area is 183 Å². The van der Waals surface area contributed by atoms with Gasteiger partial charge in [-0.15, -0.1) is 0 Å². The van der Waals surface area contributed by atoms with Crippen molar-refractivity contribution in [1.29, 1.82) is 0 Å². The maximum atomic E-state index is 12.6. The fourth-order valence-electron chi connectivity index (χ4n) is 3.90. The van der Waals surface area contributed by atoms with Gasteiger partial charge < -0.3 is 28.8 Å². The fraction of sp³-hybridized carbons (Fsp3) is 0.652. The third-order valence-corrected chi connectivity index (χ3v) is 5.29. The molecule has 8 nitrogen and oxygen atoms in total. The van der Waals surface area contributed by atoms with Crippen LogP contribution in [0.4, 0.5) is 0 Å². The number of esters is 1. The number of aliphatic carboxylic acids is 1. The van der Waals surface area contributed by atoms with E-state index in [1.165, 1.54) is 0 Å². The van der Waals surface area contributed by atoms with Crippen molar-refractivity contribution in [2.75, 3.05) is 26.9 Å². The maximum absolute atomic E-state index is 12.6. The largest absolute Gasteiger partial charge is 0.493 e. The monoisotopic (exact) mass is 438 g/mol. The van der Waals surface area contributed by atoms with E-state index in [1.54, 1.807) is 46.1 Å². The normalized spacial score (nSPS) is 16.2. The average molecular weight is 439 g/mol. The molecule has 0 amide bonds. The van der Waals surface area contributed by atoms with Crippen molar-refractivity contribution in [3.63, 3.8) is 0 Å². The van der Waals surface area contributed by atoms with Gasteiger partial charge in [-0.2, -0.15) is 0 Å². The fourth-order valence-corrected chi connectivity index (χ4v) is 3.90. The van der Waals surface area contributed by atoms with Gasteiger partial charge in [0.1, 0.15) is 0 Å². The quantitative estimate of drug-likeness (QED) is 0.282. The van der Waals surface area contributed by atoms with Crippen LogP contribution in [-0.2, 0) is 23.8 Å². The van der Waals surface area contributed by atoms with Gasteiger partial charge in [-0.05, 0) is 64.2 Å². The number of methoxy groups -OCH3 is 1. The minimum atomic E-state index is -1.50. The molecule has 1 N–H and O–H groups in total. The van der Waals surface area contributed by atoms with E-state index in [-0.39, 0.29) is 25.9 Å². The van der Waals surface area contributed by atoms with Crippen LogP contribution < -0.4 is 9.47 Å². The van der Waals surface area contributed by atoms with E-state index in [0.29, 0.717) is 17.1 Å². The number of carbonyl (C=O) groups is 2. The molecule has 1 aliphatic rings. The lowest BCUT2D eigenvalue weighted by atomic mass is 9.84. The third kappa shape index (κ3) is 6.58. The molecule has 174 valence electrons. The second-order valence-corrected chi connectivity index (χ2v) is 7.31. The highest BCUT2D eigenvalue weighted by Gasteiger charge is 2.43. The van der Waals surface area contributed by atoms with Gasteiger partial charge in [-0.25, -0.2) is 0 Å². The predicted octanol–water partition coefficient (Wildman–Crippen LogP) is 3.76. The Morgan fingerprint density at radius 2 is 1.68 bits per heavy atom. The summed E-state index contributed by atoms with van der Waals surface area (Å²) < 4.78 is 28.1. The van der Waals surface area contributed by atoms with Crippen molar-refractivity contribution in [3.8, 4) is 11.5 Å². The van der Waals surface area contributed by atoms with E-state index in [9.17, 15) is 14.7 Å². The number of carboxylic acids is 1. The van der Waals surface area contributed by atoms with Gasteiger partial charge in [-0.1, -0.05) is 6.07 Å². The highest BCUT2D eigenvalue weighted by Crippen LogP contribution is 2.39. The molecule has 0 spiro atoms. The highest BCUT2D eigenvalue weighted by atomic mass is 16.7. The summed E-state index contributed by atoms with van der Waals surface area (Å²) in [7, 11) is 1.55. The minimum Gasteiger partial charge on any atom is -0.493 e. The zero-order chi connectivity index (χ0) is 22.8. The first-order chi connectivity index (χ1) is 15.0. The van der Waals surface area contributed by atoms with Crippen molar-refractivity contribution in [2.45, 2.75) is 64.8 Å². The van der Waals surface area contributed by atoms with Crippen LogP contribution in [0.5, 0.6) is 11.5 Å². The van der Waals surface area contributed by atoms with E-state index in [2.05, 4.69) is 0 Å². The standard InChI is InChI=1S/C23H34O8/c1-5-28-22(26)20(21(24)25)19(23(29-6-2)30-7-3)15-12-13-17(27-4)18(14-15)31-16-10-8-9-11-16/h12-14,16,19-20,23H,5-11H2,1-4H3,(H,24,25). The van der Waals surface area contributed by atoms with E-state index < -0.39 is 30.1 Å². The van der Waals surface area contributed by atoms with Crippen molar-refractivity contribution < 1.29 is 38.4 Å². The molecule has 2 atom stereocenters. The van der Waals surface area contributed by atoms with Crippen LogP contribution in [0.2, 0.25) is 0 Å². The Hall–Kier alpha value is -2.32. The average Bonchev–Trinajstić information content (AvgIpc) is 3.24. The Morgan fingerprint density at radius 1 is 1.03 bits per heavy atom. The zero-order valence-electron chi connectivity index (χ0n) is 18.8. The van der Waals surface area contributed by atoms with Crippen LogP contribution in [-0.4, -0.2) is 56.4 Å². The Bertz CT molecular complexity index is 708. The summed E-state index contributed by atoms with van der Waals surface area (Å²) in [6.07, 6.45) is 3.26. The van der Waals surface area contributed by atoms with E-state index in [1.807, 2.05) is 0 Å². The second kappa shape index (κ2) is 12.5. The minimum absolute atomic E-state index is 0.0714. The summed E-state index contributed by atoms with van der Waals surface area (Å²) in [4.78, 5) is 24.8. The number of ether oxygens (including phenoxy) is 5. The second-order valence-electron chi connectivity index (χ2n) is 7.31. The molecule has 1 aromatic carbocycles. The summed E-state index contributed by atoms with van der Waals surface area (Å²) in [5.74, 6) is -3.53. The van der Waals surface area contributed by atoms with Crippen molar-refractivity contribution in [3.05, 3.63) is 23.8 Å². The molecule has 0 aromatic heterocycles. The van der Waals surface area contributed by atoms with Gasteiger partial charge in [0.25, 0.3) is 0 Å². The first-order valence-electron chi connectivity index (χ1n) is 10.9. The molecule has 0 radical (unpaired) electrons. The smallest absolute Gasteiger partial charge is 0.321 e. The summed E-state index contributed by atoms with van der Waals surface area (Å²) in [5.41, 5.74) is 0.543. The van der Waals surface area contributed by atoms with Gasteiger partial charge in [0.2, 0.25) is 0 Å². The lowest BCUT2D eigenvalue weighted by Gasteiger charge is -2.31. The first-order valence-corrected chi connectivity index (χ1v) is 10.9. The molecule has 2 rings (SSSR count). The van der Waals surface area contributed by atoms with Gasteiger partial charge in [-0.3, -0.25) is 9.59 Å². The molecule has 1 aliphatic carbocycles. The topological polar surface area (TPSA) is 101 Å². The molecule has 1 aromatic rings. The Kier molecular flexibility index (Phi) is 10.1. The number of carbonyl (C=O) groups excluding carboxylic acids is 1. The number of rotatable bonds is 13. The summed E-state index contributed by atoms with van der Waals surface area (Å²) in [6.45, 7) is 5.85. The molecule has 0 aliphatic heterocycles. The summed E-state index contributed by atoms with van der Waals surface area (Å²) in [6, 6.07) is 5.15.